The van der Waals surface area contributed by atoms with E-state index in [1.807, 2.05) is 24.3 Å². The van der Waals surface area contributed by atoms with E-state index in [0.717, 1.165) is 17.2 Å². The molecular formula is C39H36O12. The second-order valence-corrected chi connectivity index (χ2v) is 11.6. The number of fused-ring (bicyclic) bond motifs is 2. The van der Waals surface area contributed by atoms with E-state index in [1.165, 1.54) is 30.3 Å². The van der Waals surface area contributed by atoms with Crippen molar-refractivity contribution in [2.45, 2.75) is 6.42 Å². The van der Waals surface area contributed by atoms with Crippen LogP contribution in [0.4, 0.5) is 0 Å². The van der Waals surface area contributed by atoms with Crippen LogP contribution in [0.5, 0.6) is 34.5 Å². The van der Waals surface area contributed by atoms with E-state index in [9.17, 15) is 30.0 Å². The van der Waals surface area contributed by atoms with Crippen LogP contribution < -0.4 is 14.9 Å². The van der Waals surface area contributed by atoms with Crippen LogP contribution >= 0.6 is 0 Å². The summed E-state index contributed by atoms with van der Waals surface area (Å²) in [7, 11) is 0. The molecule has 0 saturated heterocycles. The molecule has 0 spiro atoms. The summed E-state index contributed by atoms with van der Waals surface area (Å²) in [6, 6.07) is 20.7. The topological polar surface area (TPSA) is 174 Å². The van der Waals surface area contributed by atoms with Gasteiger partial charge in [-0.1, -0.05) is 12.1 Å². The van der Waals surface area contributed by atoms with Gasteiger partial charge in [-0.2, -0.15) is 0 Å². The molecule has 0 fully saturated rings. The number of allylic oxidation sites excluding steroid dienone is 2. The van der Waals surface area contributed by atoms with Gasteiger partial charge in [0, 0.05) is 29.8 Å². The average Bonchev–Trinajstić information content (AvgIpc) is 3.09. The molecular weight excluding hydrogens is 660 g/mol. The van der Waals surface area contributed by atoms with E-state index in [4.69, 9.17) is 28.1 Å². The normalized spacial score (nSPS) is 12.5. The lowest BCUT2D eigenvalue weighted by Gasteiger charge is -2.18. The molecule has 0 amide bonds. The lowest BCUT2D eigenvalue weighted by molar-refractivity contribution is 0.00499. The summed E-state index contributed by atoms with van der Waals surface area (Å²) >= 11 is 0. The van der Waals surface area contributed by atoms with Gasteiger partial charge < -0.3 is 48.5 Å². The molecule has 12 heteroatoms. The van der Waals surface area contributed by atoms with E-state index in [-0.39, 0.29) is 45.3 Å². The quantitative estimate of drug-likeness (QED) is 0.0941. The third-order valence-corrected chi connectivity index (χ3v) is 8.01. The fourth-order valence-corrected chi connectivity index (χ4v) is 5.62. The molecule has 1 aliphatic carbocycles. The smallest absolute Gasteiger partial charge is 0.197 e. The summed E-state index contributed by atoms with van der Waals surface area (Å²) in [4.78, 5) is 25.0. The molecule has 0 saturated carbocycles. The summed E-state index contributed by atoms with van der Waals surface area (Å²) < 4.78 is 33.8. The molecule has 5 aromatic rings. The first-order valence-electron chi connectivity index (χ1n) is 16.2. The van der Waals surface area contributed by atoms with Gasteiger partial charge in [0.25, 0.3) is 0 Å². The van der Waals surface area contributed by atoms with Crippen molar-refractivity contribution in [3.8, 4) is 45.8 Å². The van der Waals surface area contributed by atoms with Gasteiger partial charge in [-0.05, 0) is 71.7 Å². The summed E-state index contributed by atoms with van der Waals surface area (Å²) in [5.74, 6) is 0.422. The summed E-state index contributed by atoms with van der Waals surface area (Å²) in [5, 5.41) is 39.5. The van der Waals surface area contributed by atoms with Crippen molar-refractivity contribution in [2.24, 2.45) is 0 Å². The molecule has 1 aromatic heterocycles. The zero-order valence-corrected chi connectivity index (χ0v) is 27.5. The summed E-state index contributed by atoms with van der Waals surface area (Å²) in [6.07, 6.45) is 1.92. The van der Waals surface area contributed by atoms with Crippen molar-refractivity contribution in [3.05, 3.63) is 112 Å². The number of ketones is 1. The molecule has 4 N–H and O–H groups in total. The van der Waals surface area contributed by atoms with Crippen LogP contribution in [0.25, 0.3) is 27.9 Å². The van der Waals surface area contributed by atoms with Crippen LogP contribution in [0, 0.1) is 0 Å². The predicted octanol–water partition coefficient (Wildman–Crippen LogP) is 5.61. The average molecular weight is 697 g/mol. The van der Waals surface area contributed by atoms with Crippen molar-refractivity contribution < 1.29 is 53.3 Å². The molecule has 1 heterocycles. The van der Waals surface area contributed by atoms with Gasteiger partial charge in [-0.25, -0.2) is 0 Å². The summed E-state index contributed by atoms with van der Waals surface area (Å²) in [6.45, 7) is 3.06. The van der Waals surface area contributed by atoms with E-state index < -0.39 is 5.43 Å². The number of carbonyl (C=O) groups excluding carboxylic acids is 1. The van der Waals surface area contributed by atoms with Gasteiger partial charge in [-0.3, -0.25) is 9.59 Å². The Labute approximate surface area is 292 Å². The van der Waals surface area contributed by atoms with Crippen LogP contribution in [0.15, 0.2) is 94.2 Å². The predicted molar refractivity (Wildman–Crippen MR) is 187 cm³/mol. The number of phenolic OH excluding ortho intramolecular Hbond substituents is 4. The van der Waals surface area contributed by atoms with E-state index in [0.29, 0.717) is 87.7 Å². The monoisotopic (exact) mass is 696 g/mol. The second kappa shape index (κ2) is 16.3. The number of carbonyl (C=O) groups is 1. The number of hydrogen-bond donors (Lipinski definition) is 4. The third kappa shape index (κ3) is 8.86. The minimum Gasteiger partial charge on any atom is -0.508 e. The first kappa shape index (κ1) is 35.0. The van der Waals surface area contributed by atoms with Crippen molar-refractivity contribution in [1.82, 2.24) is 0 Å². The first-order valence-corrected chi connectivity index (χ1v) is 16.2. The Morgan fingerprint density at radius 2 is 1.12 bits per heavy atom. The lowest BCUT2D eigenvalue weighted by Crippen LogP contribution is -2.14. The Kier molecular flexibility index (Phi) is 11.2. The maximum atomic E-state index is 12.5. The van der Waals surface area contributed by atoms with E-state index in [1.54, 1.807) is 24.3 Å². The van der Waals surface area contributed by atoms with Gasteiger partial charge in [-0.15, -0.1) is 0 Å². The standard InChI is InChI=1S/C39H36O12/c40-28-18-27-17-26(19-32(42)38(27)33(43)20-28)24-1-5-30(6-2-24)49-15-13-47-11-9-46-10-12-48-14-16-50-31-7-3-25(4-8-31)36-23-35(45)39-34(44)21-29(41)22-37(39)51-36/h1-8,18-23,40-41,43-44H,9-17H2. The number of ether oxygens (including phenoxy) is 5. The Balaban J connectivity index is 0.801. The van der Waals surface area contributed by atoms with Crippen LogP contribution in [-0.4, -0.2) is 79.1 Å². The van der Waals surface area contributed by atoms with E-state index >= 15 is 0 Å². The third-order valence-electron chi connectivity index (χ3n) is 8.01. The largest absolute Gasteiger partial charge is 0.508 e. The highest BCUT2D eigenvalue weighted by Crippen LogP contribution is 2.36. The number of rotatable bonds is 16. The van der Waals surface area contributed by atoms with E-state index in [2.05, 4.69) is 0 Å². The Hall–Kier alpha value is -5.82. The molecule has 51 heavy (non-hydrogen) atoms. The molecule has 0 bridgehead atoms. The van der Waals surface area contributed by atoms with Crippen molar-refractivity contribution in [1.29, 1.82) is 0 Å². The zero-order chi connectivity index (χ0) is 35.7. The van der Waals surface area contributed by atoms with Gasteiger partial charge in [0.15, 0.2) is 11.2 Å². The van der Waals surface area contributed by atoms with Crippen LogP contribution in [0.1, 0.15) is 21.5 Å². The molecule has 0 atom stereocenters. The fourth-order valence-electron chi connectivity index (χ4n) is 5.62. The van der Waals surface area contributed by atoms with Crippen molar-refractivity contribution in [3.63, 3.8) is 0 Å². The van der Waals surface area contributed by atoms with Crippen molar-refractivity contribution >= 4 is 22.3 Å². The van der Waals surface area contributed by atoms with Crippen LogP contribution in [-0.2, 0) is 20.6 Å². The number of aromatic hydroxyl groups is 4. The Morgan fingerprint density at radius 1 is 0.588 bits per heavy atom. The molecule has 6 rings (SSSR count). The second-order valence-electron chi connectivity index (χ2n) is 11.6. The van der Waals surface area contributed by atoms with Gasteiger partial charge >= 0.3 is 0 Å². The minimum absolute atomic E-state index is 0.00723. The maximum Gasteiger partial charge on any atom is 0.197 e. The fraction of sp³-hybridized carbons (Fsp3) is 0.231. The van der Waals surface area contributed by atoms with Crippen molar-refractivity contribution in [2.75, 3.05) is 52.9 Å². The Bertz CT molecular complexity index is 2080. The highest BCUT2D eigenvalue weighted by atomic mass is 16.6. The molecule has 0 unspecified atom stereocenters. The Morgan fingerprint density at radius 3 is 1.73 bits per heavy atom. The maximum absolute atomic E-state index is 12.5. The number of benzene rings is 4. The van der Waals surface area contributed by atoms with Gasteiger partial charge in [0.2, 0.25) is 0 Å². The van der Waals surface area contributed by atoms with Crippen LogP contribution in [0.3, 0.4) is 0 Å². The first-order chi connectivity index (χ1) is 24.7. The lowest BCUT2D eigenvalue weighted by atomic mass is 9.86. The summed E-state index contributed by atoms with van der Waals surface area (Å²) in [5.41, 5.74) is 2.75. The molecule has 1 aliphatic rings. The van der Waals surface area contributed by atoms with Crippen LogP contribution in [0.2, 0.25) is 0 Å². The zero-order valence-electron chi connectivity index (χ0n) is 27.5. The van der Waals surface area contributed by atoms with Gasteiger partial charge in [0.05, 0.1) is 45.2 Å². The number of phenols is 4. The SMILES string of the molecule is O=C1C=C(c2ccc(OCCOCCOCCOCCOc3ccc(-c4cc(=O)c5c(O)cc(O)cc5o4)cc3)cc2)Cc2cc(O)cc(O)c21. The van der Waals surface area contributed by atoms with Gasteiger partial charge in [0.1, 0.15) is 64.4 Å². The number of hydrogen-bond acceptors (Lipinski definition) is 12. The molecule has 12 nitrogen and oxygen atoms in total. The highest BCUT2D eigenvalue weighted by Gasteiger charge is 2.23. The molecule has 4 aromatic carbocycles. The highest BCUT2D eigenvalue weighted by molar-refractivity contribution is 6.13. The molecule has 0 radical (unpaired) electrons. The molecule has 0 aliphatic heterocycles. The molecule has 264 valence electrons. The minimum atomic E-state index is -0.419.